The quantitative estimate of drug-likeness (QED) is 0.264. The van der Waals surface area contributed by atoms with Crippen molar-refractivity contribution >= 4 is 29.0 Å². The van der Waals surface area contributed by atoms with Crippen LogP contribution in [0.15, 0.2) is 78.0 Å². The molecule has 0 atom stereocenters. The third kappa shape index (κ3) is 5.43. The largest absolute Gasteiger partial charge is 0.399 e. The number of aromatic nitrogens is 3. The SMILES string of the molecule is CCc1ccc(NC(=O)c2ccc(CSc3nnc(-c4ccc(N)cc4)n3CC)cc2)cc1. The molecular weight excluding hydrogens is 430 g/mol. The lowest BCUT2D eigenvalue weighted by atomic mass is 10.1. The Morgan fingerprint density at radius 2 is 1.58 bits per heavy atom. The molecule has 3 aromatic carbocycles. The zero-order valence-electron chi connectivity index (χ0n) is 18.8. The Morgan fingerprint density at radius 1 is 0.909 bits per heavy atom. The highest BCUT2D eigenvalue weighted by Crippen LogP contribution is 2.27. The van der Waals surface area contributed by atoms with Crippen LogP contribution >= 0.6 is 11.8 Å². The van der Waals surface area contributed by atoms with Crippen LogP contribution in [0, 0.1) is 0 Å². The minimum atomic E-state index is -0.114. The number of carbonyl (C=O) groups excluding carboxylic acids is 1. The van der Waals surface area contributed by atoms with Crippen LogP contribution in [-0.4, -0.2) is 20.7 Å². The van der Waals surface area contributed by atoms with E-state index in [2.05, 4.69) is 33.9 Å². The Labute approximate surface area is 198 Å². The molecule has 0 fully saturated rings. The molecule has 1 aromatic heterocycles. The van der Waals surface area contributed by atoms with E-state index in [1.165, 1.54) is 5.56 Å². The summed E-state index contributed by atoms with van der Waals surface area (Å²) in [6, 6.07) is 23.3. The average Bonchev–Trinajstić information content (AvgIpc) is 3.27. The van der Waals surface area contributed by atoms with Gasteiger partial charge in [-0.15, -0.1) is 10.2 Å². The van der Waals surface area contributed by atoms with Crippen molar-refractivity contribution in [2.75, 3.05) is 11.1 Å². The highest BCUT2D eigenvalue weighted by atomic mass is 32.2. The molecule has 6 nitrogen and oxygen atoms in total. The summed E-state index contributed by atoms with van der Waals surface area (Å²) in [5.74, 6) is 1.46. The predicted octanol–water partition coefficient (Wildman–Crippen LogP) is 5.65. The van der Waals surface area contributed by atoms with Gasteiger partial charge in [0.2, 0.25) is 0 Å². The first-order valence-electron chi connectivity index (χ1n) is 11.0. The molecule has 0 unspecified atom stereocenters. The molecule has 0 aliphatic rings. The van der Waals surface area contributed by atoms with Crippen molar-refractivity contribution in [1.29, 1.82) is 0 Å². The van der Waals surface area contributed by atoms with Gasteiger partial charge in [0.25, 0.3) is 5.91 Å². The molecular formula is C26H27N5OS. The number of nitrogens with zero attached hydrogens (tertiary/aromatic N) is 3. The third-order valence-corrected chi connectivity index (χ3v) is 6.44. The lowest BCUT2D eigenvalue weighted by Gasteiger charge is -2.09. The van der Waals surface area contributed by atoms with E-state index in [9.17, 15) is 4.79 Å². The Morgan fingerprint density at radius 3 is 2.21 bits per heavy atom. The van der Waals surface area contributed by atoms with Crippen LogP contribution in [0.1, 0.15) is 35.3 Å². The monoisotopic (exact) mass is 457 g/mol. The van der Waals surface area contributed by atoms with Crippen LogP contribution in [0.25, 0.3) is 11.4 Å². The van der Waals surface area contributed by atoms with Crippen molar-refractivity contribution in [2.45, 2.75) is 37.7 Å². The fourth-order valence-electron chi connectivity index (χ4n) is 3.45. The zero-order chi connectivity index (χ0) is 23.2. The maximum absolute atomic E-state index is 12.6. The summed E-state index contributed by atoms with van der Waals surface area (Å²) >= 11 is 1.63. The molecule has 0 radical (unpaired) electrons. The number of aryl methyl sites for hydroxylation is 1. The highest BCUT2D eigenvalue weighted by molar-refractivity contribution is 7.98. The number of nitrogens with two attached hydrogens (primary N) is 1. The van der Waals surface area contributed by atoms with Crippen molar-refractivity contribution in [3.05, 3.63) is 89.5 Å². The summed E-state index contributed by atoms with van der Waals surface area (Å²) in [5.41, 5.74) is 11.3. The summed E-state index contributed by atoms with van der Waals surface area (Å²) < 4.78 is 2.10. The van der Waals surface area contributed by atoms with E-state index < -0.39 is 0 Å². The summed E-state index contributed by atoms with van der Waals surface area (Å²) in [6.45, 7) is 4.96. The first-order chi connectivity index (χ1) is 16.1. The number of carbonyl (C=O) groups is 1. The Hall–Kier alpha value is -3.58. The number of anilines is 2. The van der Waals surface area contributed by atoms with E-state index in [0.717, 1.165) is 52.2 Å². The van der Waals surface area contributed by atoms with Gasteiger partial charge in [-0.1, -0.05) is 43.0 Å². The highest BCUT2D eigenvalue weighted by Gasteiger charge is 2.13. The number of nitrogen functional groups attached to an aromatic ring is 1. The molecule has 0 aliphatic heterocycles. The maximum atomic E-state index is 12.6. The molecule has 1 amide bonds. The van der Waals surface area contributed by atoms with Gasteiger partial charge in [0.05, 0.1) is 0 Å². The Bertz CT molecular complexity index is 1220. The van der Waals surface area contributed by atoms with E-state index in [1.807, 2.05) is 72.8 Å². The van der Waals surface area contributed by atoms with E-state index in [-0.39, 0.29) is 5.91 Å². The molecule has 0 aliphatic carbocycles. The minimum absolute atomic E-state index is 0.114. The lowest BCUT2D eigenvalue weighted by Crippen LogP contribution is -2.11. The van der Waals surface area contributed by atoms with E-state index in [1.54, 1.807) is 11.8 Å². The van der Waals surface area contributed by atoms with Crippen LogP contribution in [0.3, 0.4) is 0 Å². The van der Waals surface area contributed by atoms with Gasteiger partial charge in [-0.2, -0.15) is 0 Å². The molecule has 0 spiro atoms. The molecule has 0 bridgehead atoms. The Balaban J connectivity index is 1.39. The molecule has 0 saturated heterocycles. The predicted molar refractivity (Wildman–Crippen MR) is 135 cm³/mol. The van der Waals surface area contributed by atoms with Gasteiger partial charge in [0, 0.05) is 34.8 Å². The van der Waals surface area contributed by atoms with Gasteiger partial charge < -0.3 is 15.6 Å². The molecule has 3 N–H and O–H groups in total. The maximum Gasteiger partial charge on any atom is 0.255 e. The molecule has 4 aromatic rings. The molecule has 7 heteroatoms. The molecule has 33 heavy (non-hydrogen) atoms. The third-order valence-electron chi connectivity index (χ3n) is 5.41. The zero-order valence-corrected chi connectivity index (χ0v) is 19.6. The van der Waals surface area contributed by atoms with Crippen LogP contribution in [0.5, 0.6) is 0 Å². The standard InChI is InChI=1S/C26H27N5OS/c1-3-18-7-15-23(16-8-18)28-25(32)21-9-5-19(6-10-21)17-33-26-30-29-24(31(26)4-2)20-11-13-22(27)14-12-20/h5-16H,3-4,17,27H2,1-2H3,(H,28,32). The van der Waals surface area contributed by atoms with Gasteiger partial charge in [0.15, 0.2) is 11.0 Å². The molecule has 0 saturated carbocycles. The van der Waals surface area contributed by atoms with Crippen molar-refractivity contribution < 1.29 is 4.79 Å². The van der Waals surface area contributed by atoms with Gasteiger partial charge in [-0.05, 0) is 73.0 Å². The Kier molecular flexibility index (Phi) is 7.10. The van der Waals surface area contributed by atoms with Crippen LogP contribution < -0.4 is 11.1 Å². The number of hydrogen-bond donors (Lipinski definition) is 2. The number of hydrogen-bond acceptors (Lipinski definition) is 5. The van der Waals surface area contributed by atoms with Crippen LogP contribution in [0.2, 0.25) is 0 Å². The van der Waals surface area contributed by atoms with Crippen molar-refractivity contribution in [2.24, 2.45) is 0 Å². The van der Waals surface area contributed by atoms with Crippen molar-refractivity contribution in [3.8, 4) is 11.4 Å². The minimum Gasteiger partial charge on any atom is -0.399 e. The second-order valence-corrected chi connectivity index (χ2v) is 8.61. The van der Waals surface area contributed by atoms with E-state index >= 15 is 0 Å². The molecule has 1 heterocycles. The van der Waals surface area contributed by atoms with Gasteiger partial charge in [0.1, 0.15) is 0 Å². The number of rotatable bonds is 8. The fraction of sp³-hybridized carbons (Fsp3) is 0.192. The van der Waals surface area contributed by atoms with Gasteiger partial charge in [-0.3, -0.25) is 4.79 Å². The summed E-state index contributed by atoms with van der Waals surface area (Å²) in [6.07, 6.45) is 0.977. The number of thioether (sulfide) groups is 1. The first kappa shape index (κ1) is 22.6. The smallest absolute Gasteiger partial charge is 0.255 e. The van der Waals surface area contributed by atoms with Crippen LogP contribution in [0.4, 0.5) is 11.4 Å². The lowest BCUT2D eigenvalue weighted by molar-refractivity contribution is 0.102. The van der Waals surface area contributed by atoms with Crippen molar-refractivity contribution in [1.82, 2.24) is 14.8 Å². The van der Waals surface area contributed by atoms with Crippen molar-refractivity contribution in [3.63, 3.8) is 0 Å². The first-order valence-corrected chi connectivity index (χ1v) is 12.0. The van der Waals surface area contributed by atoms with E-state index in [4.69, 9.17) is 5.73 Å². The topological polar surface area (TPSA) is 85.8 Å². The average molecular weight is 458 g/mol. The summed E-state index contributed by atoms with van der Waals surface area (Å²) in [7, 11) is 0. The van der Waals surface area contributed by atoms with Gasteiger partial charge in [-0.25, -0.2) is 0 Å². The van der Waals surface area contributed by atoms with Crippen LogP contribution in [-0.2, 0) is 18.7 Å². The summed E-state index contributed by atoms with van der Waals surface area (Å²) in [4.78, 5) is 12.6. The van der Waals surface area contributed by atoms with Gasteiger partial charge >= 0.3 is 0 Å². The number of benzene rings is 3. The fourth-order valence-corrected chi connectivity index (χ4v) is 4.41. The number of amides is 1. The number of nitrogens with one attached hydrogen (secondary N) is 1. The molecule has 4 rings (SSSR count). The molecule has 168 valence electrons. The summed E-state index contributed by atoms with van der Waals surface area (Å²) in [5, 5.41) is 12.6. The second-order valence-electron chi connectivity index (χ2n) is 7.66. The normalized spacial score (nSPS) is 10.8. The van der Waals surface area contributed by atoms with E-state index in [0.29, 0.717) is 5.56 Å². The second kappa shape index (κ2) is 10.4.